The van der Waals surface area contributed by atoms with Crippen LogP contribution in [0.1, 0.15) is 22.8 Å². The van der Waals surface area contributed by atoms with Crippen molar-refractivity contribution in [2.75, 3.05) is 0 Å². The summed E-state index contributed by atoms with van der Waals surface area (Å²) >= 11 is 18.7. The molecule has 24 heavy (non-hydrogen) atoms. The zero-order valence-corrected chi connectivity index (χ0v) is 14.6. The van der Waals surface area contributed by atoms with Gasteiger partial charge in [-0.3, -0.25) is 9.56 Å². The van der Waals surface area contributed by atoms with Crippen LogP contribution in [-0.4, -0.2) is 20.5 Å². The molecule has 0 amide bonds. The van der Waals surface area contributed by atoms with Crippen LogP contribution in [0.2, 0.25) is 10.0 Å². The van der Waals surface area contributed by atoms with E-state index in [2.05, 4.69) is 10.2 Å². The smallest absolute Gasteiger partial charge is 0.159 e. The third-order valence-corrected chi connectivity index (χ3v) is 4.68. The Morgan fingerprint density at radius 1 is 1.00 bits per heavy atom. The van der Waals surface area contributed by atoms with Gasteiger partial charge < -0.3 is 0 Å². The number of aromatic nitrogens is 3. The summed E-state index contributed by atoms with van der Waals surface area (Å²) in [4.78, 5) is 4.73. The molecular formula is C17H11Cl3N4. The van der Waals surface area contributed by atoms with E-state index < -0.39 is 0 Å². The van der Waals surface area contributed by atoms with Gasteiger partial charge in [0.1, 0.15) is 6.54 Å². The highest BCUT2D eigenvalue weighted by molar-refractivity contribution is 6.36. The quantitative estimate of drug-likeness (QED) is 0.609. The fraction of sp³-hybridized carbons (Fsp3) is 0.118. The minimum atomic E-state index is 0.260. The summed E-state index contributed by atoms with van der Waals surface area (Å²) in [5, 5.41) is 9.62. The Bertz CT molecular complexity index is 962. The normalized spacial score (nSPS) is 13.0. The Morgan fingerprint density at radius 2 is 1.83 bits per heavy atom. The van der Waals surface area contributed by atoms with E-state index in [1.807, 2.05) is 47.0 Å². The number of rotatable bonds is 2. The maximum absolute atomic E-state index is 6.39. The van der Waals surface area contributed by atoms with Crippen LogP contribution >= 0.6 is 34.8 Å². The van der Waals surface area contributed by atoms with Gasteiger partial charge in [-0.1, -0.05) is 41.4 Å². The highest BCUT2D eigenvalue weighted by Gasteiger charge is 2.23. The van der Waals surface area contributed by atoms with Gasteiger partial charge in [0.05, 0.1) is 17.3 Å². The van der Waals surface area contributed by atoms with E-state index in [9.17, 15) is 0 Å². The van der Waals surface area contributed by atoms with Crippen LogP contribution in [0.4, 0.5) is 0 Å². The van der Waals surface area contributed by atoms with Crippen LogP contribution in [0.3, 0.4) is 0 Å². The molecule has 0 saturated heterocycles. The average Bonchev–Trinajstić information content (AvgIpc) is 2.93. The van der Waals surface area contributed by atoms with Crippen molar-refractivity contribution >= 4 is 40.5 Å². The minimum Gasteiger partial charge on any atom is -0.280 e. The molecule has 0 aliphatic carbocycles. The first-order chi connectivity index (χ1) is 11.7. The number of alkyl halides is 1. The van der Waals surface area contributed by atoms with Gasteiger partial charge in [-0.15, -0.1) is 21.8 Å². The minimum absolute atomic E-state index is 0.260. The third-order valence-electron chi connectivity index (χ3n) is 3.88. The molecule has 4 rings (SSSR count). The highest BCUT2D eigenvalue weighted by atomic mass is 35.5. The van der Waals surface area contributed by atoms with Crippen LogP contribution in [-0.2, 0) is 12.4 Å². The Balaban J connectivity index is 2.01. The summed E-state index contributed by atoms with van der Waals surface area (Å²) in [6.45, 7) is 0.386. The van der Waals surface area contributed by atoms with Gasteiger partial charge in [-0.25, -0.2) is 0 Å². The van der Waals surface area contributed by atoms with Crippen LogP contribution in [0.25, 0.3) is 5.69 Å². The Morgan fingerprint density at radius 3 is 2.62 bits per heavy atom. The Hall–Kier alpha value is -1.88. The second-order valence-electron chi connectivity index (χ2n) is 5.31. The number of hydrogen-bond donors (Lipinski definition) is 0. The standard InChI is InChI=1S/C17H11Cl3N4/c18-8-15-22-23-16-9-21-17(11-3-1-2-4-13(11)20)12-7-10(19)5-6-14(12)24(15)16/h1-7H,8-9H2. The van der Waals surface area contributed by atoms with E-state index in [4.69, 9.17) is 39.8 Å². The predicted molar refractivity (Wildman–Crippen MR) is 96.7 cm³/mol. The van der Waals surface area contributed by atoms with E-state index in [-0.39, 0.29) is 5.88 Å². The van der Waals surface area contributed by atoms with Gasteiger partial charge in [0.15, 0.2) is 11.6 Å². The van der Waals surface area contributed by atoms with E-state index in [1.165, 1.54) is 0 Å². The molecule has 0 radical (unpaired) electrons. The summed E-state index contributed by atoms with van der Waals surface area (Å²) in [7, 11) is 0. The molecule has 0 unspecified atom stereocenters. The highest BCUT2D eigenvalue weighted by Crippen LogP contribution is 2.30. The van der Waals surface area contributed by atoms with Crippen LogP contribution < -0.4 is 0 Å². The molecule has 1 aliphatic rings. The summed E-state index contributed by atoms with van der Waals surface area (Å²) in [6.07, 6.45) is 0. The topological polar surface area (TPSA) is 43.1 Å². The van der Waals surface area contributed by atoms with Gasteiger partial charge in [0, 0.05) is 21.2 Å². The molecule has 7 heteroatoms. The molecule has 0 spiro atoms. The first-order valence-corrected chi connectivity index (χ1v) is 8.57. The first-order valence-electron chi connectivity index (χ1n) is 7.28. The largest absolute Gasteiger partial charge is 0.280 e. The number of hydrogen-bond acceptors (Lipinski definition) is 3. The summed E-state index contributed by atoms with van der Waals surface area (Å²) in [6, 6.07) is 13.3. The SMILES string of the molecule is ClCc1nnc2n1-c1ccc(Cl)cc1C(c1ccccc1Cl)=NC2. The summed E-state index contributed by atoms with van der Waals surface area (Å²) < 4.78 is 1.94. The van der Waals surface area contributed by atoms with Gasteiger partial charge in [-0.2, -0.15) is 0 Å². The van der Waals surface area contributed by atoms with E-state index in [1.54, 1.807) is 0 Å². The van der Waals surface area contributed by atoms with Crippen molar-refractivity contribution in [3.63, 3.8) is 0 Å². The molecule has 0 bridgehead atoms. The van der Waals surface area contributed by atoms with Crippen molar-refractivity contribution in [2.45, 2.75) is 12.4 Å². The van der Waals surface area contributed by atoms with Crippen molar-refractivity contribution in [2.24, 2.45) is 4.99 Å². The van der Waals surface area contributed by atoms with E-state index in [0.717, 1.165) is 28.4 Å². The van der Waals surface area contributed by atoms with Crippen molar-refractivity contribution in [1.82, 2.24) is 14.8 Å². The fourth-order valence-electron chi connectivity index (χ4n) is 2.83. The molecule has 2 aromatic carbocycles. The molecule has 0 saturated carbocycles. The fourth-order valence-corrected chi connectivity index (χ4v) is 3.40. The summed E-state index contributed by atoms with van der Waals surface area (Å²) in [5.41, 5.74) is 3.41. The lowest BCUT2D eigenvalue weighted by Crippen LogP contribution is -2.09. The number of nitrogens with zero attached hydrogens (tertiary/aromatic N) is 4. The second kappa shape index (κ2) is 6.20. The molecule has 1 aromatic heterocycles. The van der Waals surface area contributed by atoms with Gasteiger partial charge in [0.2, 0.25) is 0 Å². The van der Waals surface area contributed by atoms with Crippen molar-refractivity contribution in [1.29, 1.82) is 0 Å². The molecule has 3 aromatic rings. The van der Waals surface area contributed by atoms with Crippen LogP contribution in [0.5, 0.6) is 0 Å². The van der Waals surface area contributed by atoms with Crippen LogP contribution in [0.15, 0.2) is 47.5 Å². The molecule has 2 heterocycles. The molecule has 0 atom stereocenters. The van der Waals surface area contributed by atoms with Gasteiger partial charge >= 0.3 is 0 Å². The summed E-state index contributed by atoms with van der Waals surface area (Å²) in [5.74, 6) is 1.67. The second-order valence-corrected chi connectivity index (χ2v) is 6.42. The lowest BCUT2D eigenvalue weighted by molar-refractivity contribution is 0.859. The average molecular weight is 378 g/mol. The molecule has 0 N–H and O–H groups in total. The van der Waals surface area contributed by atoms with E-state index >= 15 is 0 Å². The lowest BCUT2D eigenvalue weighted by Gasteiger charge is -2.14. The Kier molecular flexibility index (Phi) is 4.04. The first kappa shape index (κ1) is 15.6. The van der Waals surface area contributed by atoms with E-state index in [0.29, 0.717) is 22.4 Å². The lowest BCUT2D eigenvalue weighted by atomic mass is 10.0. The molecular weight excluding hydrogens is 367 g/mol. The zero-order valence-electron chi connectivity index (χ0n) is 12.4. The monoisotopic (exact) mass is 376 g/mol. The maximum atomic E-state index is 6.39. The molecule has 0 fully saturated rings. The number of fused-ring (bicyclic) bond motifs is 3. The number of halogens is 3. The van der Waals surface area contributed by atoms with Gasteiger partial charge in [0.25, 0.3) is 0 Å². The third kappa shape index (κ3) is 2.51. The predicted octanol–water partition coefficient (Wildman–Crippen LogP) is 4.66. The van der Waals surface area contributed by atoms with Crippen molar-refractivity contribution in [3.05, 3.63) is 75.3 Å². The van der Waals surface area contributed by atoms with Crippen molar-refractivity contribution < 1.29 is 0 Å². The zero-order chi connectivity index (χ0) is 16.7. The van der Waals surface area contributed by atoms with Crippen molar-refractivity contribution in [3.8, 4) is 5.69 Å². The molecule has 1 aliphatic heterocycles. The molecule has 4 nitrogen and oxygen atoms in total. The number of aliphatic imine (C=N–C) groups is 1. The Labute approximate surface area is 153 Å². The van der Waals surface area contributed by atoms with Crippen LogP contribution in [0, 0.1) is 0 Å². The number of benzene rings is 2. The maximum Gasteiger partial charge on any atom is 0.159 e. The molecule has 120 valence electrons. The van der Waals surface area contributed by atoms with Gasteiger partial charge in [-0.05, 0) is 24.3 Å².